The van der Waals surface area contributed by atoms with Crippen LogP contribution in [0.25, 0.3) is 0 Å². The Morgan fingerprint density at radius 2 is 1.92 bits per heavy atom. The molecule has 0 atom stereocenters. The van der Waals surface area contributed by atoms with E-state index < -0.39 is 11.8 Å². The van der Waals surface area contributed by atoms with E-state index in [0.29, 0.717) is 12.0 Å². The fourth-order valence-electron chi connectivity index (χ4n) is 0.805. The van der Waals surface area contributed by atoms with Crippen LogP contribution in [-0.4, -0.2) is 11.8 Å². The summed E-state index contributed by atoms with van der Waals surface area (Å²) in [6.07, 6.45) is 3.40. The number of primary amides is 2. The molecule has 0 aliphatic heterocycles. The molecule has 4 nitrogen and oxygen atoms in total. The fourth-order valence-corrected chi connectivity index (χ4v) is 0.805. The zero-order chi connectivity index (χ0) is 9.56. The van der Waals surface area contributed by atoms with E-state index >= 15 is 0 Å². The number of amides is 2. The van der Waals surface area contributed by atoms with Crippen LogP contribution >= 0.6 is 0 Å². The van der Waals surface area contributed by atoms with E-state index in [1.807, 2.05) is 6.92 Å². The standard InChI is InChI=1S/C8H14N2O2/c1-2-3-4-6(8(10)12)5-7(9)11/h5H,2-4H2,1H3,(H2,9,11)(H2,10,12). The summed E-state index contributed by atoms with van der Waals surface area (Å²) in [6.45, 7) is 1.99. The van der Waals surface area contributed by atoms with Crippen molar-refractivity contribution in [3.05, 3.63) is 11.6 Å². The first-order chi connectivity index (χ1) is 5.57. The van der Waals surface area contributed by atoms with Crippen molar-refractivity contribution < 1.29 is 9.59 Å². The van der Waals surface area contributed by atoms with Gasteiger partial charge in [-0.1, -0.05) is 13.3 Å². The Hall–Kier alpha value is -1.32. The van der Waals surface area contributed by atoms with E-state index in [0.717, 1.165) is 18.9 Å². The van der Waals surface area contributed by atoms with Gasteiger partial charge in [-0.05, 0) is 12.8 Å². The SMILES string of the molecule is CCCCC(=CC(N)=O)C(N)=O. The van der Waals surface area contributed by atoms with E-state index in [2.05, 4.69) is 0 Å². The Labute approximate surface area is 71.6 Å². The first-order valence-corrected chi connectivity index (χ1v) is 3.87. The van der Waals surface area contributed by atoms with Crippen molar-refractivity contribution in [2.75, 3.05) is 0 Å². The van der Waals surface area contributed by atoms with Gasteiger partial charge in [0.25, 0.3) is 0 Å². The van der Waals surface area contributed by atoms with Crippen molar-refractivity contribution >= 4 is 11.8 Å². The van der Waals surface area contributed by atoms with E-state index in [-0.39, 0.29) is 0 Å². The van der Waals surface area contributed by atoms with E-state index in [4.69, 9.17) is 11.5 Å². The summed E-state index contributed by atoms with van der Waals surface area (Å²) in [4.78, 5) is 21.1. The van der Waals surface area contributed by atoms with Crippen LogP contribution in [0.2, 0.25) is 0 Å². The highest BCUT2D eigenvalue weighted by atomic mass is 16.1. The molecule has 0 unspecified atom stereocenters. The lowest BCUT2D eigenvalue weighted by molar-refractivity contribution is -0.116. The second kappa shape index (κ2) is 5.35. The molecule has 0 heterocycles. The van der Waals surface area contributed by atoms with Crippen LogP contribution < -0.4 is 11.5 Å². The summed E-state index contributed by atoms with van der Waals surface area (Å²) in [5.74, 6) is -1.19. The lowest BCUT2D eigenvalue weighted by Crippen LogP contribution is -2.17. The second-order valence-corrected chi connectivity index (χ2v) is 2.54. The molecule has 0 fully saturated rings. The van der Waals surface area contributed by atoms with Crippen molar-refractivity contribution in [1.82, 2.24) is 0 Å². The van der Waals surface area contributed by atoms with Gasteiger partial charge in [-0.25, -0.2) is 0 Å². The predicted molar refractivity (Wildman–Crippen MR) is 46.0 cm³/mol. The summed E-state index contributed by atoms with van der Waals surface area (Å²) in [5.41, 5.74) is 10.2. The summed E-state index contributed by atoms with van der Waals surface area (Å²) < 4.78 is 0. The zero-order valence-electron chi connectivity index (χ0n) is 7.17. The molecule has 68 valence electrons. The zero-order valence-corrected chi connectivity index (χ0v) is 7.17. The maximum atomic E-state index is 10.7. The topological polar surface area (TPSA) is 86.2 Å². The Balaban J connectivity index is 4.23. The maximum absolute atomic E-state index is 10.7. The van der Waals surface area contributed by atoms with Crippen LogP contribution in [0.4, 0.5) is 0 Å². The maximum Gasteiger partial charge on any atom is 0.244 e. The number of carbonyl (C=O) groups is 2. The molecule has 2 amide bonds. The van der Waals surface area contributed by atoms with Gasteiger partial charge in [0, 0.05) is 11.6 Å². The van der Waals surface area contributed by atoms with Crippen LogP contribution in [-0.2, 0) is 9.59 Å². The van der Waals surface area contributed by atoms with Gasteiger partial charge >= 0.3 is 0 Å². The quantitative estimate of drug-likeness (QED) is 0.572. The number of rotatable bonds is 5. The Bertz CT molecular complexity index is 209. The number of carbonyl (C=O) groups excluding carboxylic acids is 2. The van der Waals surface area contributed by atoms with Gasteiger partial charge in [-0.3, -0.25) is 9.59 Å². The van der Waals surface area contributed by atoms with Gasteiger partial charge in [-0.15, -0.1) is 0 Å². The fraction of sp³-hybridized carbons (Fsp3) is 0.500. The average molecular weight is 170 g/mol. The Morgan fingerprint density at radius 1 is 1.33 bits per heavy atom. The summed E-state index contributed by atoms with van der Waals surface area (Å²) >= 11 is 0. The second-order valence-electron chi connectivity index (χ2n) is 2.54. The third kappa shape index (κ3) is 4.49. The van der Waals surface area contributed by atoms with Gasteiger partial charge in [0.15, 0.2) is 0 Å². The highest BCUT2D eigenvalue weighted by molar-refractivity contribution is 5.99. The van der Waals surface area contributed by atoms with Crippen molar-refractivity contribution in [3.63, 3.8) is 0 Å². The first kappa shape index (κ1) is 10.7. The molecule has 0 spiro atoms. The molecule has 0 aromatic rings. The molecule has 0 aromatic heterocycles. The summed E-state index contributed by atoms with van der Waals surface area (Å²) in [7, 11) is 0. The molecule has 0 bridgehead atoms. The van der Waals surface area contributed by atoms with Gasteiger partial charge in [0.05, 0.1) is 0 Å². The van der Waals surface area contributed by atoms with Gasteiger partial charge in [0.2, 0.25) is 11.8 Å². The molecule has 0 saturated carbocycles. The van der Waals surface area contributed by atoms with Crippen LogP contribution in [0.1, 0.15) is 26.2 Å². The molecular weight excluding hydrogens is 156 g/mol. The van der Waals surface area contributed by atoms with Gasteiger partial charge in [0.1, 0.15) is 0 Å². The van der Waals surface area contributed by atoms with E-state index in [1.165, 1.54) is 0 Å². The normalized spacial score (nSPS) is 11.2. The molecule has 12 heavy (non-hydrogen) atoms. The minimum Gasteiger partial charge on any atom is -0.366 e. The summed E-state index contributed by atoms with van der Waals surface area (Å²) in [6, 6.07) is 0. The number of nitrogens with two attached hydrogens (primary N) is 2. The lowest BCUT2D eigenvalue weighted by Gasteiger charge is -1.99. The molecule has 0 aromatic carbocycles. The lowest BCUT2D eigenvalue weighted by atomic mass is 10.1. The Morgan fingerprint density at radius 3 is 2.25 bits per heavy atom. The number of unbranched alkanes of at least 4 members (excludes halogenated alkanes) is 1. The van der Waals surface area contributed by atoms with E-state index in [9.17, 15) is 9.59 Å². The van der Waals surface area contributed by atoms with E-state index in [1.54, 1.807) is 0 Å². The molecule has 4 heteroatoms. The molecule has 0 radical (unpaired) electrons. The van der Waals surface area contributed by atoms with Crippen LogP contribution in [0.3, 0.4) is 0 Å². The van der Waals surface area contributed by atoms with Crippen LogP contribution in [0.15, 0.2) is 11.6 Å². The van der Waals surface area contributed by atoms with Crippen molar-refractivity contribution in [3.8, 4) is 0 Å². The Kier molecular flexibility index (Phi) is 4.76. The minimum absolute atomic E-state index is 0.310. The van der Waals surface area contributed by atoms with Crippen molar-refractivity contribution in [2.24, 2.45) is 11.5 Å². The molecule has 0 rings (SSSR count). The highest BCUT2D eigenvalue weighted by Gasteiger charge is 2.04. The number of hydrogen-bond donors (Lipinski definition) is 2. The van der Waals surface area contributed by atoms with Crippen LogP contribution in [0.5, 0.6) is 0 Å². The number of hydrogen-bond acceptors (Lipinski definition) is 2. The first-order valence-electron chi connectivity index (χ1n) is 3.87. The van der Waals surface area contributed by atoms with Crippen molar-refractivity contribution in [2.45, 2.75) is 26.2 Å². The predicted octanol–water partition coefficient (Wildman–Crippen LogP) is 0.0736. The molecule has 0 saturated heterocycles. The smallest absolute Gasteiger partial charge is 0.244 e. The average Bonchev–Trinajstić information content (AvgIpc) is 1.96. The molecule has 0 aliphatic carbocycles. The van der Waals surface area contributed by atoms with Crippen molar-refractivity contribution in [1.29, 1.82) is 0 Å². The molecule has 0 aliphatic rings. The summed E-state index contributed by atoms with van der Waals surface area (Å²) in [5, 5.41) is 0. The van der Waals surface area contributed by atoms with Crippen LogP contribution in [0, 0.1) is 0 Å². The monoisotopic (exact) mass is 170 g/mol. The van der Waals surface area contributed by atoms with Gasteiger partial charge in [-0.2, -0.15) is 0 Å². The highest BCUT2D eigenvalue weighted by Crippen LogP contribution is 2.05. The molecular formula is C8H14N2O2. The van der Waals surface area contributed by atoms with Gasteiger partial charge < -0.3 is 11.5 Å². The molecule has 4 N–H and O–H groups in total. The third-order valence-electron chi connectivity index (χ3n) is 1.43. The minimum atomic E-state index is -0.625. The largest absolute Gasteiger partial charge is 0.366 e. The third-order valence-corrected chi connectivity index (χ3v) is 1.43.